The van der Waals surface area contributed by atoms with Gasteiger partial charge in [-0.15, -0.1) is 0 Å². The number of methoxy groups -OCH3 is 1. The summed E-state index contributed by atoms with van der Waals surface area (Å²) >= 11 is 0. The third-order valence-electron chi connectivity index (χ3n) is 6.17. The van der Waals surface area contributed by atoms with E-state index in [0.717, 1.165) is 13.0 Å². The minimum Gasteiger partial charge on any atom is -0.391 e. The van der Waals surface area contributed by atoms with Gasteiger partial charge in [0.05, 0.1) is 18.3 Å². The second kappa shape index (κ2) is 6.73. The van der Waals surface area contributed by atoms with Crippen LogP contribution in [0.2, 0.25) is 0 Å². The molecule has 132 valence electrons. The maximum atomic E-state index is 10.8. The van der Waals surface area contributed by atoms with E-state index in [1.807, 2.05) is 6.07 Å². The van der Waals surface area contributed by atoms with Crippen LogP contribution in [0.5, 0.6) is 0 Å². The Balaban J connectivity index is 1.55. The Morgan fingerprint density at radius 2 is 1.96 bits per heavy atom. The molecule has 0 spiro atoms. The van der Waals surface area contributed by atoms with Crippen LogP contribution in [0.25, 0.3) is 0 Å². The van der Waals surface area contributed by atoms with Gasteiger partial charge in [-0.3, -0.25) is 4.90 Å². The number of β-amino-alcohol motifs (C(OH)–C–C–N with tert-alkyl or cyclic N) is 1. The molecule has 4 rings (SSSR count). The van der Waals surface area contributed by atoms with E-state index < -0.39 is 0 Å². The lowest BCUT2D eigenvalue weighted by molar-refractivity contribution is -0.152. The molecule has 1 aliphatic carbocycles. The monoisotopic (exact) mass is 333 g/mol. The molecule has 2 aliphatic heterocycles. The summed E-state index contributed by atoms with van der Waals surface area (Å²) in [6, 6.07) is 10.8. The summed E-state index contributed by atoms with van der Waals surface area (Å²) in [6.45, 7) is 4.18. The summed E-state index contributed by atoms with van der Waals surface area (Å²) in [4.78, 5) is 2.38. The molecule has 1 aromatic rings. The molecular formula is C19H27NO4. The van der Waals surface area contributed by atoms with Crippen molar-refractivity contribution in [3.63, 3.8) is 0 Å². The molecule has 7 atom stereocenters. The first kappa shape index (κ1) is 16.5. The summed E-state index contributed by atoms with van der Waals surface area (Å²) in [5.74, 6) is 0.491. The molecule has 1 aromatic carbocycles. The molecule has 5 nitrogen and oxygen atoms in total. The normalized spacial score (nSPS) is 40.8. The quantitative estimate of drug-likeness (QED) is 0.914. The molecule has 6 unspecified atom stereocenters. The van der Waals surface area contributed by atoms with Gasteiger partial charge in [-0.1, -0.05) is 30.3 Å². The van der Waals surface area contributed by atoms with Crippen molar-refractivity contribution < 1.29 is 19.3 Å². The summed E-state index contributed by atoms with van der Waals surface area (Å²) in [5.41, 5.74) is 1.28. The molecular weight excluding hydrogens is 306 g/mol. The SMILES string of the molecule is COC1C2CN([C@H](C)c3ccccc3)CC(O)C2CC2OCOC21. The van der Waals surface area contributed by atoms with Crippen molar-refractivity contribution in [2.24, 2.45) is 11.8 Å². The first-order valence-corrected chi connectivity index (χ1v) is 8.92. The third kappa shape index (κ3) is 2.78. The van der Waals surface area contributed by atoms with Crippen molar-refractivity contribution in [2.75, 3.05) is 27.0 Å². The lowest BCUT2D eigenvalue weighted by atomic mass is 9.69. The molecule has 2 heterocycles. The number of ether oxygens (including phenoxy) is 3. The van der Waals surface area contributed by atoms with Gasteiger partial charge in [0.25, 0.3) is 0 Å². The van der Waals surface area contributed by atoms with Crippen LogP contribution in [0.1, 0.15) is 24.9 Å². The fourth-order valence-electron chi connectivity index (χ4n) is 4.82. The third-order valence-corrected chi connectivity index (χ3v) is 6.17. The highest BCUT2D eigenvalue weighted by Crippen LogP contribution is 2.43. The van der Waals surface area contributed by atoms with Crippen LogP contribution in [-0.2, 0) is 14.2 Å². The van der Waals surface area contributed by atoms with Gasteiger partial charge in [0, 0.05) is 32.2 Å². The maximum absolute atomic E-state index is 10.8. The molecule has 0 radical (unpaired) electrons. The second-order valence-electron chi connectivity index (χ2n) is 7.33. The van der Waals surface area contributed by atoms with E-state index in [1.54, 1.807) is 7.11 Å². The molecule has 3 aliphatic rings. The second-order valence-corrected chi connectivity index (χ2v) is 7.33. The molecule has 0 amide bonds. The lowest BCUT2D eigenvalue weighted by Crippen LogP contribution is -2.61. The smallest absolute Gasteiger partial charge is 0.147 e. The van der Waals surface area contributed by atoms with Crippen LogP contribution < -0.4 is 0 Å². The number of rotatable bonds is 3. The predicted octanol–water partition coefficient (Wildman–Crippen LogP) is 1.82. The molecule has 3 fully saturated rings. The molecule has 1 N–H and O–H groups in total. The van der Waals surface area contributed by atoms with Crippen LogP contribution in [0.4, 0.5) is 0 Å². The standard InChI is InChI=1S/C19H27NO4/c1-12(13-6-4-3-5-7-13)20-9-15-14(16(21)10-20)8-17-19(18(15)22-2)24-11-23-17/h3-7,12,14-19,21H,8-11H2,1-2H3/t12-,14?,15?,16?,17?,18?,19?/m1/s1. The van der Waals surface area contributed by atoms with Crippen LogP contribution >= 0.6 is 0 Å². The number of hydrogen-bond acceptors (Lipinski definition) is 5. The van der Waals surface area contributed by atoms with Gasteiger partial charge in [0.2, 0.25) is 0 Å². The van der Waals surface area contributed by atoms with Crippen molar-refractivity contribution >= 4 is 0 Å². The molecule has 0 bridgehead atoms. The summed E-state index contributed by atoms with van der Waals surface area (Å²) < 4.78 is 17.3. The highest BCUT2D eigenvalue weighted by molar-refractivity contribution is 5.19. The summed E-state index contributed by atoms with van der Waals surface area (Å²) in [6.07, 6.45) is 0.554. The van der Waals surface area contributed by atoms with Gasteiger partial charge in [0.15, 0.2) is 0 Å². The summed E-state index contributed by atoms with van der Waals surface area (Å²) in [5, 5.41) is 10.8. The average Bonchev–Trinajstić information content (AvgIpc) is 3.08. The van der Waals surface area contributed by atoms with E-state index >= 15 is 0 Å². The van der Waals surface area contributed by atoms with Crippen LogP contribution in [-0.4, -0.2) is 61.4 Å². The van der Waals surface area contributed by atoms with E-state index in [9.17, 15) is 5.11 Å². The minimum absolute atomic E-state index is 0.00423. The van der Waals surface area contributed by atoms with Gasteiger partial charge in [-0.05, 0) is 24.8 Å². The Hall–Kier alpha value is -0.980. The van der Waals surface area contributed by atoms with Crippen LogP contribution in [0.15, 0.2) is 30.3 Å². The summed E-state index contributed by atoms with van der Waals surface area (Å²) in [7, 11) is 1.75. The largest absolute Gasteiger partial charge is 0.391 e. The number of nitrogens with zero attached hydrogens (tertiary/aromatic N) is 1. The number of fused-ring (bicyclic) bond motifs is 2. The number of benzene rings is 1. The number of piperidine rings is 1. The van der Waals surface area contributed by atoms with E-state index in [2.05, 4.69) is 36.1 Å². The van der Waals surface area contributed by atoms with Crippen molar-refractivity contribution in [3.05, 3.63) is 35.9 Å². The number of likely N-dealkylation sites (tertiary alicyclic amines) is 1. The maximum Gasteiger partial charge on any atom is 0.147 e. The van der Waals surface area contributed by atoms with Gasteiger partial charge >= 0.3 is 0 Å². The van der Waals surface area contributed by atoms with Gasteiger partial charge < -0.3 is 19.3 Å². The van der Waals surface area contributed by atoms with Gasteiger partial charge in [-0.25, -0.2) is 0 Å². The fourth-order valence-corrected chi connectivity index (χ4v) is 4.82. The molecule has 24 heavy (non-hydrogen) atoms. The Kier molecular flexibility index (Phi) is 4.62. The topological polar surface area (TPSA) is 51.2 Å². The molecule has 2 saturated heterocycles. The van der Waals surface area contributed by atoms with E-state index in [1.165, 1.54) is 5.56 Å². The van der Waals surface area contributed by atoms with Crippen LogP contribution in [0.3, 0.4) is 0 Å². The first-order chi connectivity index (χ1) is 11.7. The van der Waals surface area contributed by atoms with Gasteiger partial charge in [0.1, 0.15) is 12.9 Å². The predicted molar refractivity (Wildman–Crippen MR) is 89.4 cm³/mol. The van der Waals surface area contributed by atoms with Crippen molar-refractivity contribution in [1.29, 1.82) is 0 Å². The number of aliphatic hydroxyl groups excluding tert-OH is 1. The Labute approximate surface area is 143 Å². The Morgan fingerprint density at radius 3 is 2.71 bits per heavy atom. The molecule has 1 saturated carbocycles. The zero-order valence-corrected chi connectivity index (χ0v) is 14.4. The highest BCUT2D eigenvalue weighted by atomic mass is 16.7. The van der Waals surface area contributed by atoms with Crippen molar-refractivity contribution in [2.45, 2.75) is 43.8 Å². The number of aliphatic hydroxyl groups is 1. The Bertz CT molecular complexity index is 554. The highest BCUT2D eigenvalue weighted by Gasteiger charge is 2.53. The Morgan fingerprint density at radius 1 is 1.17 bits per heavy atom. The fraction of sp³-hybridized carbons (Fsp3) is 0.684. The van der Waals surface area contributed by atoms with Gasteiger partial charge in [-0.2, -0.15) is 0 Å². The number of hydrogen-bond donors (Lipinski definition) is 1. The first-order valence-electron chi connectivity index (χ1n) is 8.92. The van der Waals surface area contributed by atoms with Crippen molar-refractivity contribution in [3.8, 4) is 0 Å². The molecule has 5 heteroatoms. The molecule has 0 aromatic heterocycles. The lowest BCUT2D eigenvalue weighted by Gasteiger charge is -2.51. The average molecular weight is 333 g/mol. The zero-order chi connectivity index (χ0) is 16.7. The van der Waals surface area contributed by atoms with Crippen LogP contribution in [0, 0.1) is 11.8 Å². The zero-order valence-electron chi connectivity index (χ0n) is 14.4. The van der Waals surface area contributed by atoms with E-state index in [0.29, 0.717) is 13.3 Å². The van der Waals surface area contributed by atoms with E-state index in [4.69, 9.17) is 14.2 Å². The minimum atomic E-state index is -0.349. The van der Waals surface area contributed by atoms with Crippen molar-refractivity contribution in [1.82, 2.24) is 4.90 Å². The van der Waals surface area contributed by atoms with E-state index in [-0.39, 0.29) is 42.3 Å².